The lowest BCUT2D eigenvalue weighted by Gasteiger charge is -2.46. The lowest BCUT2D eigenvalue weighted by atomic mass is 10.0. The number of aromatic amines is 1. The molecule has 1 N–H and O–H groups in total. The van der Waals surface area contributed by atoms with E-state index in [-0.39, 0.29) is 0 Å². The van der Waals surface area contributed by atoms with E-state index in [1.54, 1.807) is 0 Å². The summed E-state index contributed by atoms with van der Waals surface area (Å²) >= 11 is 0. The maximum Gasteiger partial charge on any atom is 0.120 e. The van der Waals surface area contributed by atoms with E-state index >= 15 is 0 Å². The highest BCUT2D eigenvalue weighted by molar-refractivity contribution is 5.84. The van der Waals surface area contributed by atoms with Crippen LogP contribution in [0.2, 0.25) is 0 Å². The van der Waals surface area contributed by atoms with Gasteiger partial charge < -0.3 is 4.74 Å². The van der Waals surface area contributed by atoms with E-state index in [2.05, 4.69) is 36.0 Å². The van der Waals surface area contributed by atoms with Gasteiger partial charge in [0, 0.05) is 62.4 Å². The SMILES string of the molecule is Cc1cccc(-c2n[nH]cc2-c2ccc3nccc(CN4CC(N5CCOCC5)C4)c3n2)n1. The van der Waals surface area contributed by atoms with Gasteiger partial charge in [0.15, 0.2) is 0 Å². The zero-order valence-corrected chi connectivity index (χ0v) is 18.7. The number of ether oxygens (including phenoxy) is 1. The van der Waals surface area contributed by atoms with Crippen LogP contribution in [0.1, 0.15) is 11.3 Å². The predicted molar refractivity (Wildman–Crippen MR) is 127 cm³/mol. The first-order chi connectivity index (χ1) is 16.2. The third-order valence-corrected chi connectivity index (χ3v) is 6.61. The normalized spacial score (nSPS) is 18.0. The van der Waals surface area contributed by atoms with E-state index in [0.717, 1.165) is 85.3 Å². The summed E-state index contributed by atoms with van der Waals surface area (Å²) in [5.41, 5.74) is 7.51. The van der Waals surface area contributed by atoms with Gasteiger partial charge in [0.25, 0.3) is 0 Å². The first kappa shape index (κ1) is 20.4. The summed E-state index contributed by atoms with van der Waals surface area (Å²) in [5, 5.41) is 7.46. The quantitative estimate of drug-likeness (QED) is 0.510. The fourth-order valence-electron chi connectivity index (χ4n) is 4.80. The fraction of sp³-hybridized carbons (Fsp3) is 0.360. The van der Waals surface area contributed by atoms with Gasteiger partial charge in [-0.1, -0.05) is 6.07 Å². The Kier molecular flexibility index (Phi) is 5.33. The summed E-state index contributed by atoms with van der Waals surface area (Å²) < 4.78 is 5.49. The molecule has 8 heteroatoms. The second kappa shape index (κ2) is 8.62. The number of rotatable bonds is 5. The molecule has 2 aliphatic rings. The third kappa shape index (κ3) is 4.01. The molecule has 6 rings (SSSR count). The summed E-state index contributed by atoms with van der Waals surface area (Å²) in [6.45, 7) is 8.85. The van der Waals surface area contributed by atoms with Gasteiger partial charge in [-0.15, -0.1) is 0 Å². The number of H-pyrrole nitrogens is 1. The summed E-state index contributed by atoms with van der Waals surface area (Å²) in [4.78, 5) is 19.3. The lowest BCUT2D eigenvalue weighted by Crippen LogP contribution is -2.60. The number of fused-ring (bicyclic) bond motifs is 1. The molecule has 0 spiro atoms. The van der Waals surface area contributed by atoms with Gasteiger partial charge in [0.05, 0.1) is 35.6 Å². The van der Waals surface area contributed by atoms with Crippen molar-refractivity contribution in [3.8, 4) is 22.6 Å². The van der Waals surface area contributed by atoms with Crippen LogP contribution in [0, 0.1) is 6.92 Å². The topological polar surface area (TPSA) is 83.1 Å². The zero-order valence-electron chi connectivity index (χ0n) is 18.7. The highest BCUT2D eigenvalue weighted by atomic mass is 16.5. The highest BCUT2D eigenvalue weighted by Crippen LogP contribution is 2.30. The van der Waals surface area contributed by atoms with E-state index in [0.29, 0.717) is 6.04 Å². The summed E-state index contributed by atoms with van der Waals surface area (Å²) in [6, 6.07) is 12.8. The first-order valence-corrected chi connectivity index (χ1v) is 11.5. The van der Waals surface area contributed by atoms with Crippen molar-refractivity contribution in [3.05, 3.63) is 60.0 Å². The molecule has 0 amide bonds. The number of hydrogen-bond donors (Lipinski definition) is 1. The summed E-state index contributed by atoms with van der Waals surface area (Å²) in [5.74, 6) is 0. The molecule has 2 fully saturated rings. The van der Waals surface area contributed by atoms with Crippen molar-refractivity contribution in [3.63, 3.8) is 0 Å². The number of nitrogens with zero attached hydrogens (tertiary/aromatic N) is 6. The van der Waals surface area contributed by atoms with Crippen molar-refractivity contribution < 1.29 is 4.74 Å². The zero-order chi connectivity index (χ0) is 22.2. The van der Waals surface area contributed by atoms with Crippen LogP contribution in [0.3, 0.4) is 0 Å². The second-order valence-corrected chi connectivity index (χ2v) is 8.84. The Morgan fingerprint density at radius 1 is 1.03 bits per heavy atom. The molecule has 0 saturated carbocycles. The number of morpholine rings is 1. The molecule has 8 nitrogen and oxygen atoms in total. The number of hydrogen-bond acceptors (Lipinski definition) is 7. The van der Waals surface area contributed by atoms with Gasteiger partial charge >= 0.3 is 0 Å². The molecule has 2 saturated heterocycles. The largest absolute Gasteiger partial charge is 0.379 e. The highest BCUT2D eigenvalue weighted by Gasteiger charge is 2.32. The van der Waals surface area contributed by atoms with Crippen LogP contribution in [0.25, 0.3) is 33.7 Å². The number of aryl methyl sites for hydroxylation is 1. The van der Waals surface area contributed by atoms with Crippen LogP contribution >= 0.6 is 0 Å². The average molecular weight is 442 g/mol. The minimum atomic E-state index is 0.640. The Bertz CT molecular complexity index is 1270. The predicted octanol–water partition coefficient (Wildman–Crippen LogP) is 2.91. The minimum absolute atomic E-state index is 0.640. The number of likely N-dealkylation sites (tertiary alicyclic amines) is 1. The van der Waals surface area contributed by atoms with Crippen LogP contribution in [0.4, 0.5) is 0 Å². The molecular formula is C25H27N7O. The minimum Gasteiger partial charge on any atom is -0.379 e. The van der Waals surface area contributed by atoms with Crippen molar-refractivity contribution in [2.24, 2.45) is 0 Å². The van der Waals surface area contributed by atoms with Crippen LogP contribution < -0.4 is 0 Å². The van der Waals surface area contributed by atoms with Crippen LogP contribution in [-0.2, 0) is 11.3 Å². The monoisotopic (exact) mass is 441 g/mol. The molecular weight excluding hydrogens is 414 g/mol. The molecule has 4 aromatic rings. The lowest BCUT2D eigenvalue weighted by molar-refractivity contribution is -0.0343. The smallest absolute Gasteiger partial charge is 0.120 e. The summed E-state index contributed by atoms with van der Waals surface area (Å²) in [7, 11) is 0. The molecule has 168 valence electrons. The van der Waals surface area contributed by atoms with Crippen LogP contribution in [-0.4, -0.2) is 80.4 Å². The molecule has 6 heterocycles. The molecule has 4 aromatic heterocycles. The van der Waals surface area contributed by atoms with Crippen LogP contribution in [0.15, 0.2) is 48.8 Å². The Morgan fingerprint density at radius 3 is 2.76 bits per heavy atom. The molecule has 0 aliphatic carbocycles. The Balaban J connectivity index is 1.26. The Morgan fingerprint density at radius 2 is 1.91 bits per heavy atom. The van der Waals surface area contributed by atoms with E-state index in [1.807, 2.05) is 49.6 Å². The number of nitrogens with one attached hydrogen (secondary N) is 1. The second-order valence-electron chi connectivity index (χ2n) is 8.84. The average Bonchev–Trinajstić information content (AvgIpc) is 3.31. The van der Waals surface area contributed by atoms with Crippen molar-refractivity contribution in [1.29, 1.82) is 0 Å². The maximum atomic E-state index is 5.49. The van der Waals surface area contributed by atoms with Crippen molar-refractivity contribution in [1.82, 2.24) is 34.9 Å². The van der Waals surface area contributed by atoms with Gasteiger partial charge in [0.1, 0.15) is 5.69 Å². The van der Waals surface area contributed by atoms with Gasteiger partial charge in [-0.2, -0.15) is 5.10 Å². The van der Waals surface area contributed by atoms with Gasteiger partial charge in [-0.25, -0.2) is 4.98 Å². The van der Waals surface area contributed by atoms with E-state index in [9.17, 15) is 0 Å². The Hall–Kier alpha value is -3.20. The standard InChI is InChI=1S/C25H27N7O/c1-17-3-2-4-23(28-17)25-20(13-27-30-25)21-5-6-22-24(29-21)18(7-8-26-22)14-31-15-19(16-31)32-9-11-33-12-10-32/h2-8,13,19H,9-12,14-16H2,1H3,(H,27,30). The number of pyridine rings is 3. The van der Waals surface area contributed by atoms with Crippen LogP contribution in [0.5, 0.6) is 0 Å². The van der Waals surface area contributed by atoms with Crippen molar-refractivity contribution in [2.75, 3.05) is 39.4 Å². The molecule has 0 atom stereocenters. The molecule has 0 bridgehead atoms. The van der Waals surface area contributed by atoms with Gasteiger partial charge in [0.2, 0.25) is 0 Å². The molecule has 0 unspecified atom stereocenters. The Labute approximate surface area is 192 Å². The van der Waals surface area contributed by atoms with Gasteiger partial charge in [-0.3, -0.25) is 24.9 Å². The van der Waals surface area contributed by atoms with Gasteiger partial charge in [-0.05, 0) is 42.8 Å². The number of aromatic nitrogens is 5. The fourth-order valence-corrected chi connectivity index (χ4v) is 4.80. The van der Waals surface area contributed by atoms with E-state index in [1.165, 1.54) is 5.56 Å². The van der Waals surface area contributed by atoms with E-state index < -0.39 is 0 Å². The third-order valence-electron chi connectivity index (χ3n) is 6.61. The molecule has 33 heavy (non-hydrogen) atoms. The summed E-state index contributed by atoms with van der Waals surface area (Å²) in [6.07, 6.45) is 3.78. The van der Waals surface area contributed by atoms with E-state index in [4.69, 9.17) is 9.72 Å². The molecule has 0 radical (unpaired) electrons. The maximum absolute atomic E-state index is 5.49. The first-order valence-electron chi connectivity index (χ1n) is 11.5. The molecule has 2 aliphatic heterocycles. The van der Waals surface area contributed by atoms with Crippen molar-refractivity contribution in [2.45, 2.75) is 19.5 Å². The molecule has 0 aromatic carbocycles. The van der Waals surface area contributed by atoms with Crippen molar-refractivity contribution >= 4 is 11.0 Å².